The largest absolute Gasteiger partial charge is 0.493 e. The first-order chi connectivity index (χ1) is 10.2. The minimum atomic E-state index is -0.652. The Hall–Kier alpha value is -1.83. The summed E-state index contributed by atoms with van der Waals surface area (Å²) in [5, 5.41) is 19.4. The topological polar surface area (TPSA) is 53.2 Å². The lowest BCUT2D eigenvalue weighted by atomic mass is 9.98. The number of benzene rings is 2. The van der Waals surface area contributed by atoms with Crippen LogP contribution >= 0.6 is 15.9 Å². The molecule has 1 atom stereocenters. The lowest BCUT2D eigenvalue weighted by Gasteiger charge is -2.14. The van der Waals surface area contributed by atoms with Gasteiger partial charge in [-0.1, -0.05) is 28.1 Å². The zero-order valence-corrected chi connectivity index (χ0v) is 12.9. The maximum absolute atomic E-state index is 10.4. The van der Waals surface area contributed by atoms with Crippen molar-refractivity contribution in [1.29, 1.82) is 5.26 Å². The fourth-order valence-corrected chi connectivity index (χ4v) is 3.19. The van der Waals surface area contributed by atoms with E-state index in [1.165, 1.54) is 5.56 Å². The fourth-order valence-electron chi connectivity index (χ4n) is 2.64. The van der Waals surface area contributed by atoms with Crippen molar-refractivity contribution in [3.8, 4) is 11.8 Å². The summed E-state index contributed by atoms with van der Waals surface area (Å²) in [4.78, 5) is 0. The van der Waals surface area contributed by atoms with E-state index in [2.05, 4.69) is 28.1 Å². The molecule has 1 heterocycles. The SMILES string of the molecule is N#Cc1cccc(C(O)Cc2cc(Br)cc3c2OCC3)c1. The Bertz CT molecular complexity index is 721. The van der Waals surface area contributed by atoms with E-state index in [0.717, 1.165) is 27.8 Å². The van der Waals surface area contributed by atoms with E-state index in [4.69, 9.17) is 10.00 Å². The lowest BCUT2D eigenvalue weighted by molar-refractivity contribution is 0.177. The highest BCUT2D eigenvalue weighted by molar-refractivity contribution is 9.10. The highest BCUT2D eigenvalue weighted by Crippen LogP contribution is 2.35. The van der Waals surface area contributed by atoms with Crippen LogP contribution in [0.2, 0.25) is 0 Å². The number of fused-ring (bicyclic) bond motifs is 1. The van der Waals surface area contributed by atoms with Crippen LogP contribution in [0.4, 0.5) is 0 Å². The number of hydrogen-bond acceptors (Lipinski definition) is 3. The molecular formula is C17H14BrNO2. The van der Waals surface area contributed by atoms with Gasteiger partial charge in [-0.15, -0.1) is 0 Å². The van der Waals surface area contributed by atoms with Crippen LogP contribution in [0, 0.1) is 11.3 Å². The van der Waals surface area contributed by atoms with E-state index in [1.54, 1.807) is 18.2 Å². The maximum Gasteiger partial charge on any atom is 0.125 e. The van der Waals surface area contributed by atoms with Crippen molar-refractivity contribution in [2.24, 2.45) is 0 Å². The summed E-state index contributed by atoms with van der Waals surface area (Å²) in [6.07, 6.45) is 0.722. The zero-order valence-electron chi connectivity index (χ0n) is 11.3. The van der Waals surface area contributed by atoms with Crippen molar-refractivity contribution in [3.05, 3.63) is 63.1 Å². The number of nitriles is 1. The van der Waals surface area contributed by atoms with Crippen LogP contribution in [-0.4, -0.2) is 11.7 Å². The summed E-state index contributed by atoms with van der Waals surface area (Å²) < 4.78 is 6.68. The molecule has 106 valence electrons. The van der Waals surface area contributed by atoms with Crippen molar-refractivity contribution in [1.82, 2.24) is 0 Å². The second-order valence-corrected chi connectivity index (χ2v) is 6.02. The minimum Gasteiger partial charge on any atom is -0.493 e. The van der Waals surface area contributed by atoms with Gasteiger partial charge in [0.05, 0.1) is 24.3 Å². The van der Waals surface area contributed by atoms with Gasteiger partial charge in [0.15, 0.2) is 0 Å². The van der Waals surface area contributed by atoms with Gasteiger partial charge in [-0.05, 0) is 41.0 Å². The van der Waals surface area contributed by atoms with Gasteiger partial charge >= 0.3 is 0 Å². The molecule has 0 amide bonds. The van der Waals surface area contributed by atoms with Gasteiger partial charge in [-0.3, -0.25) is 0 Å². The molecule has 1 aliphatic heterocycles. The van der Waals surface area contributed by atoms with Crippen molar-refractivity contribution in [3.63, 3.8) is 0 Å². The molecule has 1 N–H and O–H groups in total. The Kier molecular flexibility index (Phi) is 3.96. The molecule has 0 saturated heterocycles. The number of nitrogens with zero attached hydrogens (tertiary/aromatic N) is 1. The third-order valence-corrected chi connectivity index (χ3v) is 4.10. The van der Waals surface area contributed by atoms with Gasteiger partial charge in [-0.25, -0.2) is 0 Å². The molecule has 0 bridgehead atoms. The average molecular weight is 344 g/mol. The summed E-state index contributed by atoms with van der Waals surface area (Å²) >= 11 is 3.50. The molecule has 3 rings (SSSR count). The first kappa shape index (κ1) is 14.1. The molecule has 0 radical (unpaired) electrons. The van der Waals surface area contributed by atoms with E-state index in [0.29, 0.717) is 18.6 Å². The summed E-state index contributed by atoms with van der Waals surface area (Å²) in [6, 6.07) is 13.2. The monoisotopic (exact) mass is 343 g/mol. The Morgan fingerprint density at radius 1 is 1.33 bits per heavy atom. The number of aliphatic hydroxyl groups excluding tert-OH is 1. The average Bonchev–Trinajstić information content (AvgIpc) is 2.95. The fraction of sp³-hybridized carbons (Fsp3) is 0.235. The Balaban J connectivity index is 1.88. The van der Waals surface area contributed by atoms with E-state index in [9.17, 15) is 5.11 Å². The molecule has 0 aliphatic carbocycles. The van der Waals surface area contributed by atoms with Crippen LogP contribution in [0.1, 0.15) is 28.4 Å². The van der Waals surface area contributed by atoms with E-state index in [1.807, 2.05) is 12.1 Å². The van der Waals surface area contributed by atoms with Crippen molar-refractivity contribution >= 4 is 15.9 Å². The minimum absolute atomic E-state index is 0.469. The molecule has 0 saturated carbocycles. The van der Waals surface area contributed by atoms with Gasteiger partial charge in [0.25, 0.3) is 0 Å². The van der Waals surface area contributed by atoms with Crippen LogP contribution in [0.5, 0.6) is 5.75 Å². The summed E-state index contributed by atoms with van der Waals surface area (Å²) in [5.74, 6) is 0.897. The molecule has 0 spiro atoms. The Morgan fingerprint density at radius 3 is 3.00 bits per heavy atom. The van der Waals surface area contributed by atoms with Crippen molar-refractivity contribution < 1.29 is 9.84 Å². The molecule has 1 aliphatic rings. The molecule has 0 aromatic heterocycles. The van der Waals surface area contributed by atoms with Gasteiger partial charge in [0.2, 0.25) is 0 Å². The third kappa shape index (κ3) is 2.94. The highest BCUT2D eigenvalue weighted by atomic mass is 79.9. The first-order valence-electron chi connectivity index (χ1n) is 6.79. The van der Waals surface area contributed by atoms with Gasteiger partial charge in [-0.2, -0.15) is 5.26 Å². The number of ether oxygens (including phenoxy) is 1. The smallest absolute Gasteiger partial charge is 0.125 e. The Labute approximate surface area is 131 Å². The second kappa shape index (κ2) is 5.88. The predicted molar refractivity (Wildman–Crippen MR) is 83.2 cm³/mol. The lowest BCUT2D eigenvalue weighted by Crippen LogP contribution is -2.04. The normalized spacial score (nSPS) is 14.1. The van der Waals surface area contributed by atoms with Gasteiger partial charge < -0.3 is 9.84 Å². The molecule has 21 heavy (non-hydrogen) atoms. The quantitative estimate of drug-likeness (QED) is 0.927. The third-order valence-electron chi connectivity index (χ3n) is 3.64. The highest BCUT2D eigenvalue weighted by Gasteiger charge is 2.20. The molecular weight excluding hydrogens is 330 g/mol. The number of rotatable bonds is 3. The van der Waals surface area contributed by atoms with Gasteiger partial charge in [0.1, 0.15) is 5.75 Å². The second-order valence-electron chi connectivity index (χ2n) is 5.11. The molecule has 2 aromatic rings. The summed E-state index contributed by atoms with van der Waals surface area (Å²) in [5.41, 5.74) is 3.48. The first-order valence-corrected chi connectivity index (χ1v) is 7.59. The van der Waals surface area contributed by atoms with Crippen molar-refractivity contribution in [2.75, 3.05) is 6.61 Å². The standard InChI is InChI=1S/C17H14BrNO2/c18-15-7-13-4-5-21-17(13)14(8-15)9-16(20)12-3-1-2-11(6-12)10-19/h1-3,6-8,16,20H,4-5,9H2. The maximum atomic E-state index is 10.4. The van der Waals surface area contributed by atoms with Crippen LogP contribution in [0.25, 0.3) is 0 Å². The van der Waals surface area contributed by atoms with E-state index in [-0.39, 0.29) is 0 Å². The van der Waals surface area contributed by atoms with Crippen LogP contribution in [0.15, 0.2) is 40.9 Å². The van der Waals surface area contributed by atoms with Crippen molar-refractivity contribution in [2.45, 2.75) is 18.9 Å². The van der Waals surface area contributed by atoms with E-state index < -0.39 is 6.10 Å². The molecule has 3 nitrogen and oxygen atoms in total. The van der Waals surface area contributed by atoms with Crippen LogP contribution in [-0.2, 0) is 12.8 Å². The van der Waals surface area contributed by atoms with Gasteiger partial charge in [0, 0.05) is 17.3 Å². The summed E-state index contributed by atoms with van der Waals surface area (Å²) in [7, 11) is 0. The van der Waals surface area contributed by atoms with Crippen LogP contribution < -0.4 is 4.74 Å². The molecule has 2 aromatic carbocycles. The molecule has 1 unspecified atom stereocenters. The number of halogens is 1. The zero-order chi connectivity index (χ0) is 14.8. The Morgan fingerprint density at radius 2 is 2.19 bits per heavy atom. The summed E-state index contributed by atoms with van der Waals surface area (Å²) in [6.45, 7) is 0.693. The van der Waals surface area contributed by atoms with E-state index >= 15 is 0 Å². The predicted octanol–water partition coefficient (Wildman–Crippen LogP) is 3.53. The number of hydrogen-bond donors (Lipinski definition) is 1. The van der Waals surface area contributed by atoms with Crippen LogP contribution in [0.3, 0.4) is 0 Å². The molecule has 0 fully saturated rings. The molecule has 4 heteroatoms. The number of aliphatic hydroxyl groups is 1.